The summed E-state index contributed by atoms with van der Waals surface area (Å²) in [5.41, 5.74) is 0. The molecular formula is C54H114Cl3N7O3. The fourth-order valence-corrected chi connectivity index (χ4v) is 9.05. The molecule has 0 aliphatic rings. The van der Waals surface area contributed by atoms with Crippen molar-refractivity contribution in [1.29, 1.82) is 0 Å². The van der Waals surface area contributed by atoms with Gasteiger partial charge in [-0.05, 0) is 38.5 Å². The van der Waals surface area contributed by atoms with Gasteiger partial charge in [-0.1, -0.05) is 175 Å². The molecule has 0 unspecified atom stereocenters. The summed E-state index contributed by atoms with van der Waals surface area (Å²) in [6.07, 6.45) is 39.6. The van der Waals surface area contributed by atoms with Gasteiger partial charge in [0.2, 0.25) is 0 Å². The first kappa shape index (κ1) is 72.7. The third-order valence-electron chi connectivity index (χ3n) is 13.3. The normalized spacial score (nSPS) is 11.7. The smallest absolute Gasteiger partial charge is 0.275 e. The molecule has 67 heavy (non-hydrogen) atoms. The highest BCUT2D eigenvalue weighted by Crippen LogP contribution is 2.14. The highest BCUT2D eigenvalue weighted by molar-refractivity contribution is 5.77. The van der Waals surface area contributed by atoms with Crippen molar-refractivity contribution >= 4 is 17.7 Å². The lowest BCUT2D eigenvalue weighted by Gasteiger charge is -2.30. The minimum Gasteiger partial charge on any atom is -1.00 e. The van der Waals surface area contributed by atoms with Gasteiger partial charge in [-0.3, -0.25) is 19.3 Å². The Balaban J connectivity index is -0.00000661. The number of carbonyl (C=O) groups excluding carboxylic acids is 3. The van der Waals surface area contributed by atoms with E-state index in [1.54, 1.807) is 0 Å². The zero-order valence-electron chi connectivity index (χ0n) is 45.8. The molecule has 0 bridgehead atoms. The van der Waals surface area contributed by atoms with Crippen LogP contribution in [0.5, 0.6) is 0 Å². The average molecular weight is 1020 g/mol. The molecule has 0 aliphatic carbocycles. The number of hydrogen-bond donors (Lipinski definition) is 3. The number of nitrogens with one attached hydrogen (secondary N) is 3. The molecule has 404 valence electrons. The van der Waals surface area contributed by atoms with Crippen LogP contribution < -0.4 is 53.2 Å². The first-order valence-corrected chi connectivity index (χ1v) is 27.6. The van der Waals surface area contributed by atoms with E-state index in [-0.39, 0.29) is 54.9 Å². The van der Waals surface area contributed by atoms with Gasteiger partial charge in [0.05, 0.1) is 61.9 Å². The van der Waals surface area contributed by atoms with Crippen molar-refractivity contribution in [3.8, 4) is 0 Å². The number of rotatable bonds is 48. The van der Waals surface area contributed by atoms with Crippen molar-refractivity contribution in [2.75, 3.05) is 121 Å². The Morgan fingerprint density at radius 2 is 0.493 bits per heavy atom. The fraction of sp³-hybridized carbons (Fsp3) is 0.944. The van der Waals surface area contributed by atoms with Crippen molar-refractivity contribution in [3.05, 3.63) is 0 Å². The number of halogens is 3. The maximum Gasteiger partial charge on any atom is 0.275 e. The molecule has 3 amide bonds. The summed E-state index contributed by atoms with van der Waals surface area (Å²) in [4.78, 5) is 41.6. The lowest BCUT2D eigenvalue weighted by atomic mass is 10.1. The van der Waals surface area contributed by atoms with Gasteiger partial charge in [-0.2, -0.15) is 0 Å². The van der Waals surface area contributed by atoms with E-state index in [0.717, 1.165) is 38.9 Å². The maximum atomic E-state index is 13.1. The fourth-order valence-electron chi connectivity index (χ4n) is 9.05. The zero-order chi connectivity index (χ0) is 47.6. The second-order valence-corrected chi connectivity index (χ2v) is 21.9. The van der Waals surface area contributed by atoms with Gasteiger partial charge in [-0.15, -0.1) is 0 Å². The summed E-state index contributed by atoms with van der Waals surface area (Å²) >= 11 is 0. The monoisotopic (exact) mass is 1010 g/mol. The van der Waals surface area contributed by atoms with Crippen LogP contribution in [0.3, 0.4) is 0 Å². The molecule has 0 saturated heterocycles. The molecule has 10 nitrogen and oxygen atoms in total. The van der Waals surface area contributed by atoms with Gasteiger partial charge < -0.3 is 66.6 Å². The van der Waals surface area contributed by atoms with E-state index in [4.69, 9.17) is 0 Å². The molecule has 0 saturated carbocycles. The lowest BCUT2D eigenvalue weighted by molar-refractivity contribution is -0.882. The number of carbonyl (C=O) groups is 3. The largest absolute Gasteiger partial charge is 1.00 e. The molecular weight excluding hydrogens is 901 g/mol. The number of nitrogens with zero attached hydrogens (tertiary/aromatic N) is 4. The van der Waals surface area contributed by atoms with E-state index in [0.29, 0.717) is 72.4 Å². The SMILES string of the molecule is CCCCCCCCCCCC[N+](C)(C)CC(=O)NCCN(CCNC(=O)C[N+](C)(C)CCCCCCCCCCCC)CCNC(=O)C[N+](C)(C)CCCCCCCCCCCC.[Cl-].[Cl-].[Cl-]. The Bertz CT molecular complexity index is 983. The Morgan fingerprint density at radius 3 is 0.687 bits per heavy atom. The van der Waals surface area contributed by atoms with E-state index in [1.807, 2.05) is 0 Å². The molecule has 0 rings (SSSR count). The number of amides is 3. The van der Waals surface area contributed by atoms with Crippen LogP contribution in [0.25, 0.3) is 0 Å². The lowest BCUT2D eigenvalue weighted by Crippen LogP contribution is -3.00. The van der Waals surface area contributed by atoms with Gasteiger partial charge in [0, 0.05) is 39.3 Å². The molecule has 0 aliphatic heterocycles. The molecule has 0 atom stereocenters. The molecule has 0 radical (unpaired) electrons. The summed E-state index contributed by atoms with van der Waals surface area (Å²) in [5, 5.41) is 9.55. The zero-order valence-corrected chi connectivity index (χ0v) is 48.1. The third-order valence-corrected chi connectivity index (χ3v) is 13.3. The van der Waals surface area contributed by atoms with Crippen LogP contribution in [0.1, 0.15) is 213 Å². The van der Waals surface area contributed by atoms with E-state index < -0.39 is 0 Å². The Hall–Kier alpha value is -0.880. The molecule has 0 aromatic carbocycles. The topological polar surface area (TPSA) is 90.5 Å². The standard InChI is InChI=1S/C54H111N7O3.3ClH/c1-10-13-16-19-22-25-28-31-34-37-46-59(4,5)49-52(62)55-40-43-58(44-41-56-53(63)50-60(6,7)47-38-35-32-29-26-23-20-17-14-11-2)45-42-57-54(64)51-61(8,9)48-39-36-33-30-27-24-21-18-15-12-3;;;/h10-51H2,1-9H3;3*1H. The third kappa shape index (κ3) is 51.3. The molecule has 0 aromatic rings. The van der Waals surface area contributed by atoms with Crippen LogP contribution in [0.4, 0.5) is 0 Å². The predicted molar refractivity (Wildman–Crippen MR) is 277 cm³/mol. The van der Waals surface area contributed by atoms with Crippen molar-refractivity contribution in [3.63, 3.8) is 0 Å². The second kappa shape index (κ2) is 48.7. The Labute approximate surface area is 435 Å². The van der Waals surface area contributed by atoms with Crippen LogP contribution in [-0.4, -0.2) is 157 Å². The van der Waals surface area contributed by atoms with Gasteiger partial charge in [0.1, 0.15) is 0 Å². The van der Waals surface area contributed by atoms with Crippen molar-refractivity contribution < 1.29 is 65.1 Å². The molecule has 0 fully saturated rings. The van der Waals surface area contributed by atoms with Crippen LogP contribution in [0.15, 0.2) is 0 Å². The molecule has 0 aromatic heterocycles. The van der Waals surface area contributed by atoms with Gasteiger partial charge >= 0.3 is 0 Å². The minimum atomic E-state index is 0. The van der Waals surface area contributed by atoms with E-state index in [1.165, 1.54) is 173 Å². The Morgan fingerprint density at radius 1 is 0.313 bits per heavy atom. The van der Waals surface area contributed by atoms with Crippen molar-refractivity contribution in [2.45, 2.75) is 213 Å². The molecule has 0 spiro atoms. The van der Waals surface area contributed by atoms with Crippen LogP contribution in [0, 0.1) is 0 Å². The maximum absolute atomic E-state index is 13.1. The number of likely N-dealkylation sites (N-methyl/N-ethyl adjacent to an activating group) is 3. The van der Waals surface area contributed by atoms with Gasteiger partial charge in [-0.25, -0.2) is 0 Å². The summed E-state index contributed by atoms with van der Waals surface area (Å²) < 4.78 is 2.10. The molecule has 0 heterocycles. The van der Waals surface area contributed by atoms with Crippen molar-refractivity contribution in [1.82, 2.24) is 20.9 Å². The van der Waals surface area contributed by atoms with Crippen LogP contribution in [-0.2, 0) is 14.4 Å². The van der Waals surface area contributed by atoms with E-state index in [9.17, 15) is 14.4 Å². The molecule has 13 heteroatoms. The highest BCUT2D eigenvalue weighted by atomic mass is 35.5. The predicted octanol–water partition coefficient (Wildman–Crippen LogP) is 1.64. The first-order chi connectivity index (χ1) is 30.6. The van der Waals surface area contributed by atoms with Crippen molar-refractivity contribution in [2.24, 2.45) is 0 Å². The quantitative estimate of drug-likeness (QED) is 0.0640. The van der Waals surface area contributed by atoms with Crippen LogP contribution >= 0.6 is 0 Å². The van der Waals surface area contributed by atoms with E-state index >= 15 is 0 Å². The van der Waals surface area contributed by atoms with Crippen LogP contribution in [0.2, 0.25) is 0 Å². The molecule has 3 N–H and O–H groups in total. The summed E-state index contributed by atoms with van der Waals surface area (Å²) in [6.45, 7) is 14.9. The number of quaternary nitrogens is 3. The summed E-state index contributed by atoms with van der Waals surface area (Å²) in [7, 11) is 13.0. The summed E-state index contributed by atoms with van der Waals surface area (Å²) in [5.74, 6) is 0.260. The second-order valence-electron chi connectivity index (χ2n) is 21.9. The van der Waals surface area contributed by atoms with Gasteiger partial charge in [0.15, 0.2) is 19.6 Å². The van der Waals surface area contributed by atoms with Gasteiger partial charge in [0.25, 0.3) is 17.7 Å². The summed E-state index contributed by atoms with van der Waals surface area (Å²) in [6, 6.07) is 0. The number of unbranched alkanes of at least 4 members (excludes halogenated alkanes) is 27. The average Bonchev–Trinajstić information content (AvgIpc) is 3.22. The van der Waals surface area contributed by atoms with E-state index in [2.05, 4.69) is 83.9 Å². The highest BCUT2D eigenvalue weighted by Gasteiger charge is 2.22. The Kier molecular flexibility index (Phi) is 52.9. The number of hydrogen-bond acceptors (Lipinski definition) is 4. The first-order valence-electron chi connectivity index (χ1n) is 27.6. The minimum absolute atomic E-state index is 0.